The van der Waals surface area contributed by atoms with Gasteiger partial charge in [0, 0.05) is 38.8 Å². The predicted molar refractivity (Wildman–Crippen MR) is 79.9 cm³/mol. The number of benzene rings is 1. The number of piperazine rings is 1. The minimum atomic E-state index is -4.86. The Labute approximate surface area is 141 Å². The third-order valence-corrected chi connectivity index (χ3v) is 4.22. The van der Waals surface area contributed by atoms with Gasteiger partial charge < -0.3 is 10.4 Å². The molecular formula is C16H20F6N2O. The quantitative estimate of drug-likeness (QED) is 0.780. The largest absolute Gasteiger partial charge is 0.416 e. The maximum absolute atomic E-state index is 13.1. The van der Waals surface area contributed by atoms with Gasteiger partial charge in [0.15, 0.2) is 0 Å². The van der Waals surface area contributed by atoms with Gasteiger partial charge >= 0.3 is 12.4 Å². The van der Waals surface area contributed by atoms with Crippen molar-refractivity contribution in [2.24, 2.45) is 0 Å². The Bertz CT molecular complexity index is 534. The highest BCUT2D eigenvalue weighted by atomic mass is 19.4. The van der Waals surface area contributed by atoms with E-state index < -0.39 is 29.5 Å². The molecule has 0 amide bonds. The summed E-state index contributed by atoms with van der Waals surface area (Å²) in [6.07, 6.45) is -9.14. The highest BCUT2D eigenvalue weighted by Gasteiger charge is 2.38. The van der Waals surface area contributed by atoms with Gasteiger partial charge in [-0.25, -0.2) is 0 Å². The molecule has 0 radical (unpaired) electrons. The molecule has 25 heavy (non-hydrogen) atoms. The molecule has 3 nitrogen and oxygen atoms in total. The summed E-state index contributed by atoms with van der Waals surface area (Å²) in [5.41, 5.74) is -2.62. The standard InChI is InChI=1S/C16H20F6N2O/c17-15(18,19)12-8-11(9-13(10-12)16(20,21)22)14(2-1-7-25)24-5-3-23-4-6-24/h8-10,14,23,25H,1-7H2/t14-/m1/s1. The Hall–Kier alpha value is -1.32. The fraction of sp³-hybridized carbons (Fsp3) is 0.625. The van der Waals surface area contributed by atoms with Crippen molar-refractivity contribution in [3.8, 4) is 0 Å². The molecule has 0 bridgehead atoms. The molecule has 1 fully saturated rings. The first kappa shape index (κ1) is 20.0. The zero-order valence-electron chi connectivity index (χ0n) is 13.4. The summed E-state index contributed by atoms with van der Waals surface area (Å²) in [5, 5.41) is 12.1. The van der Waals surface area contributed by atoms with E-state index in [4.69, 9.17) is 5.11 Å². The van der Waals surface area contributed by atoms with E-state index in [0.29, 0.717) is 32.6 Å². The second-order valence-electron chi connectivity index (χ2n) is 6.01. The first-order valence-corrected chi connectivity index (χ1v) is 7.98. The minimum absolute atomic E-state index is 0.0162. The van der Waals surface area contributed by atoms with E-state index in [0.717, 1.165) is 12.1 Å². The third kappa shape index (κ3) is 5.32. The number of halogens is 6. The van der Waals surface area contributed by atoms with Gasteiger partial charge in [0.2, 0.25) is 0 Å². The fourth-order valence-corrected chi connectivity index (χ4v) is 3.01. The molecule has 0 unspecified atom stereocenters. The number of aliphatic hydroxyl groups excluding tert-OH is 1. The Kier molecular flexibility index (Phi) is 6.34. The Morgan fingerprint density at radius 2 is 1.48 bits per heavy atom. The lowest BCUT2D eigenvalue weighted by Crippen LogP contribution is -2.45. The minimum Gasteiger partial charge on any atom is -0.396 e. The lowest BCUT2D eigenvalue weighted by atomic mass is 9.95. The Balaban J connectivity index is 2.46. The Morgan fingerprint density at radius 1 is 0.960 bits per heavy atom. The number of aliphatic hydroxyl groups is 1. The van der Waals surface area contributed by atoms with Crippen LogP contribution >= 0.6 is 0 Å². The van der Waals surface area contributed by atoms with Crippen LogP contribution in [0.3, 0.4) is 0 Å². The molecule has 2 rings (SSSR count). The van der Waals surface area contributed by atoms with Crippen LogP contribution in [0.1, 0.15) is 35.6 Å². The first-order valence-electron chi connectivity index (χ1n) is 7.98. The van der Waals surface area contributed by atoms with Crippen LogP contribution < -0.4 is 5.32 Å². The molecule has 0 aliphatic carbocycles. The summed E-state index contributed by atoms with van der Waals surface area (Å²) >= 11 is 0. The van der Waals surface area contributed by atoms with Crippen molar-refractivity contribution in [3.05, 3.63) is 34.9 Å². The SMILES string of the molecule is OCCC[C@H](c1cc(C(F)(F)F)cc(C(F)(F)F)c1)N1CCNCC1. The normalized spacial score (nSPS) is 18.4. The van der Waals surface area contributed by atoms with E-state index in [9.17, 15) is 26.3 Å². The molecule has 1 aromatic carbocycles. The average molecular weight is 370 g/mol. The van der Waals surface area contributed by atoms with Gasteiger partial charge in [0.25, 0.3) is 0 Å². The van der Waals surface area contributed by atoms with Gasteiger partial charge in [0.05, 0.1) is 11.1 Å². The van der Waals surface area contributed by atoms with E-state index >= 15 is 0 Å². The highest BCUT2D eigenvalue weighted by molar-refractivity contribution is 5.35. The van der Waals surface area contributed by atoms with Crippen molar-refractivity contribution in [1.82, 2.24) is 10.2 Å². The number of hydrogen-bond donors (Lipinski definition) is 2. The summed E-state index contributed by atoms with van der Waals surface area (Å²) in [7, 11) is 0. The number of nitrogens with one attached hydrogen (secondary N) is 1. The highest BCUT2D eigenvalue weighted by Crippen LogP contribution is 2.39. The molecule has 0 saturated carbocycles. The van der Waals surface area contributed by atoms with Gasteiger partial charge in [-0.15, -0.1) is 0 Å². The monoisotopic (exact) mass is 370 g/mol. The van der Waals surface area contributed by atoms with Crippen molar-refractivity contribution in [3.63, 3.8) is 0 Å². The topological polar surface area (TPSA) is 35.5 Å². The van der Waals surface area contributed by atoms with E-state index in [2.05, 4.69) is 5.32 Å². The molecule has 0 aromatic heterocycles. The zero-order chi connectivity index (χ0) is 18.7. The van der Waals surface area contributed by atoms with E-state index in [1.54, 1.807) is 0 Å². The zero-order valence-corrected chi connectivity index (χ0v) is 13.4. The molecular weight excluding hydrogens is 350 g/mol. The Morgan fingerprint density at radius 3 is 1.92 bits per heavy atom. The summed E-state index contributed by atoms with van der Waals surface area (Å²) in [6, 6.07) is 1.13. The molecule has 142 valence electrons. The summed E-state index contributed by atoms with van der Waals surface area (Å²) in [5.74, 6) is 0. The molecule has 1 saturated heterocycles. The van der Waals surface area contributed by atoms with Gasteiger partial charge in [0.1, 0.15) is 0 Å². The number of alkyl halides is 6. The lowest BCUT2D eigenvalue weighted by molar-refractivity contribution is -0.143. The van der Waals surface area contributed by atoms with Crippen LogP contribution in [-0.4, -0.2) is 42.8 Å². The predicted octanol–water partition coefficient (Wildman–Crippen LogP) is 3.44. The molecule has 1 aliphatic rings. The van der Waals surface area contributed by atoms with Crippen molar-refractivity contribution in [2.75, 3.05) is 32.8 Å². The molecule has 1 atom stereocenters. The second kappa shape index (κ2) is 7.92. The summed E-state index contributed by atoms with van der Waals surface area (Å²) in [6.45, 7) is 2.09. The van der Waals surface area contributed by atoms with Crippen LogP contribution in [0, 0.1) is 0 Å². The van der Waals surface area contributed by atoms with E-state index in [-0.39, 0.29) is 24.7 Å². The maximum Gasteiger partial charge on any atom is 0.416 e. The fourth-order valence-electron chi connectivity index (χ4n) is 3.01. The number of hydrogen-bond acceptors (Lipinski definition) is 3. The third-order valence-electron chi connectivity index (χ3n) is 4.22. The van der Waals surface area contributed by atoms with E-state index in [1.165, 1.54) is 0 Å². The van der Waals surface area contributed by atoms with Crippen LogP contribution in [0.5, 0.6) is 0 Å². The summed E-state index contributed by atoms with van der Waals surface area (Å²) < 4.78 is 78.4. The van der Waals surface area contributed by atoms with Crippen molar-refractivity contribution in [2.45, 2.75) is 31.2 Å². The average Bonchev–Trinajstić information content (AvgIpc) is 2.54. The molecule has 9 heteroatoms. The van der Waals surface area contributed by atoms with E-state index in [1.807, 2.05) is 4.90 Å². The smallest absolute Gasteiger partial charge is 0.396 e. The molecule has 2 N–H and O–H groups in total. The van der Waals surface area contributed by atoms with Crippen molar-refractivity contribution < 1.29 is 31.4 Å². The van der Waals surface area contributed by atoms with Gasteiger partial charge in [-0.2, -0.15) is 26.3 Å². The van der Waals surface area contributed by atoms with Gasteiger partial charge in [-0.3, -0.25) is 4.90 Å². The second-order valence-corrected chi connectivity index (χ2v) is 6.01. The van der Waals surface area contributed by atoms with Crippen LogP contribution in [0.2, 0.25) is 0 Å². The molecule has 1 heterocycles. The number of rotatable bonds is 5. The van der Waals surface area contributed by atoms with Gasteiger partial charge in [-0.05, 0) is 36.6 Å². The number of nitrogens with zero attached hydrogens (tertiary/aromatic N) is 1. The van der Waals surface area contributed by atoms with Gasteiger partial charge in [-0.1, -0.05) is 0 Å². The van der Waals surface area contributed by atoms with Crippen molar-refractivity contribution >= 4 is 0 Å². The molecule has 1 aromatic rings. The van der Waals surface area contributed by atoms with Crippen LogP contribution in [0.25, 0.3) is 0 Å². The molecule has 0 spiro atoms. The van der Waals surface area contributed by atoms with Crippen molar-refractivity contribution in [1.29, 1.82) is 0 Å². The maximum atomic E-state index is 13.1. The van der Waals surface area contributed by atoms with Crippen LogP contribution in [0.4, 0.5) is 26.3 Å². The summed E-state index contributed by atoms with van der Waals surface area (Å²) in [4.78, 5) is 1.86. The molecule has 1 aliphatic heterocycles. The lowest BCUT2D eigenvalue weighted by Gasteiger charge is -2.35. The first-order chi connectivity index (χ1) is 11.6. The van der Waals surface area contributed by atoms with Crippen LogP contribution in [-0.2, 0) is 12.4 Å². The van der Waals surface area contributed by atoms with Crippen LogP contribution in [0.15, 0.2) is 18.2 Å².